The predicted molar refractivity (Wildman–Crippen MR) is 218 cm³/mol. The number of Topliss-reactive ketones (excluding diaryl/α,β-unsaturated/α-hetero) is 3. The molecule has 15 heteroatoms. The zero-order chi connectivity index (χ0) is 44.5. The molecule has 1 fully saturated rings. The molecular formula is C45H58N2O13. The summed E-state index contributed by atoms with van der Waals surface area (Å²) in [6.07, 6.45) is 4.85. The molecule has 6 rings (SSSR count). The van der Waals surface area contributed by atoms with Gasteiger partial charge >= 0.3 is 17.7 Å². The number of ketones is 3. The number of benzene rings is 1. The van der Waals surface area contributed by atoms with Crippen LogP contribution in [0.3, 0.4) is 0 Å². The van der Waals surface area contributed by atoms with Crippen molar-refractivity contribution in [1.82, 2.24) is 10.2 Å². The lowest BCUT2D eigenvalue weighted by molar-refractivity contribution is -0.160. The van der Waals surface area contributed by atoms with Crippen molar-refractivity contribution < 1.29 is 62.7 Å². The van der Waals surface area contributed by atoms with Crippen molar-refractivity contribution in [2.45, 2.75) is 112 Å². The molecule has 1 aromatic carbocycles. The number of nitrogens with zero attached hydrogens (tertiary/aromatic N) is 1. The van der Waals surface area contributed by atoms with Crippen LogP contribution in [0.5, 0.6) is 11.5 Å². The van der Waals surface area contributed by atoms with E-state index in [1.165, 1.54) is 53.2 Å². The normalized spacial score (nSPS) is 32.2. The first-order valence-electron chi connectivity index (χ1n) is 20.5. The maximum absolute atomic E-state index is 15.0. The molecule has 4 heterocycles. The highest BCUT2D eigenvalue weighted by Crippen LogP contribution is 2.49. The van der Waals surface area contributed by atoms with Crippen molar-refractivity contribution in [3.05, 3.63) is 69.8 Å². The number of hydrogen-bond donors (Lipinski definition) is 3. The molecular weight excluding hydrogens is 776 g/mol. The quantitative estimate of drug-likeness (QED) is 0.267. The molecule has 1 amide bonds. The Labute approximate surface area is 350 Å². The first-order valence-corrected chi connectivity index (χ1v) is 20.5. The monoisotopic (exact) mass is 834 g/mol. The fraction of sp³-hybridized carbons (Fsp3) is 0.556. The lowest BCUT2D eigenvalue weighted by Crippen LogP contribution is -2.46. The van der Waals surface area contributed by atoms with Crippen LogP contribution in [0.1, 0.15) is 112 Å². The van der Waals surface area contributed by atoms with Gasteiger partial charge in [-0.15, -0.1) is 0 Å². The number of nitrogens with one attached hydrogen (secondary N) is 1. The third-order valence-electron chi connectivity index (χ3n) is 12.0. The second kappa shape index (κ2) is 18.2. The summed E-state index contributed by atoms with van der Waals surface area (Å²) in [6.45, 7) is 16.5. The van der Waals surface area contributed by atoms with E-state index in [0.29, 0.717) is 25.9 Å². The Hall–Kier alpha value is -5.12. The minimum Gasteiger partial charge on any atom is -0.462 e. The topological polar surface area (TPSA) is 204 Å². The molecule has 0 spiro atoms. The fourth-order valence-corrected chi connectivity index (χ4v) is 8.25. The van der Waals surface area contributed by atoms with Crippen LogP contribution in [0.4, 0.5) is 0 Å². The van der Waals surface area contributed by atoms with E-state index in [-0.39, 0.29) is 50.7 Å². The number of rotatable bonds is 5. The number of likely N-dealkylation sites (tertiary alicyclic amines) is 1. The minimum absolute atomic E-state index is 0.0799. The number of carbonyl (C=O) groups excluding carboxylic acids is 6. The summed E-state index contributed by atoms with van der Waals surface area (Å²) in [6, 6.07) is 0. The largest absolute Gasteiger partial charge is 0.462 e. The molecule has 0 radical (unpaired) electrons. The Morgan fingerprint density at radius 1 is 0.917 bits per heavy atom. The maximum Gasteiger partial charge on any atom is 0.313 e. The summed E-state index contributed by atoms with van der Waals surface area (Å²) < 4.78 is 29.6. The van der Waals surface area contributed by atoms with Crippen molar-refractivity contribution in [3.63, 3.8) is 0 Å². The maximum atomic E-state index is 15.0. The highest BCUT2D eigenvalue weighted by molar-refractivity contribution is 6.32. The summed E-state index contributed by atoms with van der Waals surface area (Å²) >= 11 is 0. The molecule has 1 aliphatic carbocycles. The van der Waals surface area contributed by atoms with Crippen molar-refractivity contribution in [2.75, 3.05) is 20.2 Å². The first kappa shape index (κ1) is 46.0. The predicted octanol–water partition coefficient (Wildman–Crippen LogP) is 4.91. The number of amides is 1. The van der Waals surface area contributed by atoms with E-state index in [1.807, 2.05) is 0 Å². The summed E-state index contributed by atoms with van der Waals surface area (Å²) in [5.41, 5.74) is -1.14. The summed E-state index contributed by atoms with van der Waals surface area (Å²) in [5, 5.41) is 25.6. The molecule has 4 aliphatic heterocycles. The summed E-state index contributed by atoms with van der Waals surface area (Å²) in [5.74, 6) is -10.1. The van der Waals surface area contributed by atoms with E-state index in [0.717, 1.165) is 0 Å². The van der Waals surface area contributed by atoms with E-state index in [2.05, 4.69) is 5.32 Å². The third kappa shape index (κ3) is 8.70. The number of ether oxygens (including phenoxy) is 5. The van der Waals surface area contributed by atoms with E-state index in [4.69, 9.17) is 23.7 Å². The van der Waals surface area contributed by atoms with Gasteiger partial charge in [0.15, 0.2) is 0 Å². The van der Waals surface area contributed by atoms with Gasteiger partial charge in [-0.1, -0.05) is 59.8 Å². The smallest absolute Gasteiger partial charge is 0.313 e. The zero-order valence-electron chi connectivity index (χ0n) is 36.2. The van der Waals surface area contributed by atoms with Crippen LogP contribution in [-0.4, -0.2) is 101 Å². The Bertz CT molecular complexity index is 2060. The molecule has 9 atom stereocenters. The van der Waals surface area contributed by atoms with Crippen LogP contribution in [0.2, 0.25) is 0 Å². The average Bonchev–Trinajstić information content (AvgIpc) is 3.82. The first-order chi connectivity index (χ1) is 28.2. The van der Waals surface area contributed by atoms with Crippen LogP contribution in [0.25, 0.3) is 0 Å². The van der Waals surface area contributed by atoms with Gasteiger partial charge in [-0.3, -0.25) is 28.8 Å². The van der Waals surface area contributed by atoms with Crippen LogP contribution in [0, 0.1) is 36.5 Å². The van der Waals surface area contributed by atoms with Gasteiger partial charge in [-0.05, 0) is 32.8 Å². The number of esters is 2. The second-order valence-corrected chi connectivity index (χ2v) is 16.8. The zero-order valence-corrected chi connectivity index (χ0v) is 36.2. The van der Waals surface area contributed by atoms with Gasteiger partial charge in [0.1, 0.15) is 29.0 Å². The molecule has 326 valence electrons. The van der Waals surface area contributed by atoms with E-state index >= 15 is 0 Å². The third-order valence-corrected chi connectivity index (χ3v) is 12.0. The molecule has 5 bridgehead atoms. The number of aliphatic hydroxyl groups is 2. The number of carbonyl (C=O) groups is 6. The molecule has 0 unspecified atom stereocenters. The van der Waals surface area contributed by atoms with Crippen LogP contribution >= 0.6 is 0 Å². The van der Waals surface area contributed by atoms with Gasteiger partial charge < -0.3 is 44.1 Å². The van der Waals surface area contributed by atoms with Crippen molar-refractivity contribution in [1.29, 1.82) is 0 Å². The minimum atomic E-state index is -2.10. The van der Waals surface area contributed by atoms with Gasteiger partial charge in [0.2, 0.25) is 11.6 Å². The van der Waals surface area contributed by atoms with E-state index in [1.54, 1.807) is 58.6 Å². The second-order valence-electron chi connectivity index (χ2n) is 16.8. The van der Waals surface area contributed by atoms with Crippen molar-refractivity contribution in [3.8, 4) is 11.5 Å². The number of fused-ring (bicyclic) bond motifs is 14. The molecule has 15 nitrogen and oxygen atoms in total. The number of allylic oxidation sites excluding steroid dienone is 4. The molecule has 0 saturated carbocycles. The lowest BCUT2D eigenvalue weighted by Gasteiger charge is -2.38. The van der Waals surface area contributed by atoms with E-state index < -0.39 is 95.0 Å². The van der Waals surface area contributed by atoms with Gasteiger partial charge in [-0.25, -0.2) is 0 Å². The van der Waals surface area contributed by atoms with Gasteiger partial charge in [0.25, 0.3) is 11.7 Å². The summed E-state index contributed by atoms with van der Waals surface area (Å²) in [7, 11) is 1.43. The Balaban J connectivity index is 1.73. The highest BCUT2D eigenvalue weighted by atomic mass is 16.7. The number of aliphatic hydroxyl groups excluding tert-OH is 2. The highest BCUT2D eigenvalue weighted by Gasteiger charge is 2.53. The van der Waals surface area contributed by atoms with Crippen molar-refractivity contribution >= 4 is 35.2 Å². The van der Waals surface area contributed by atoms with Crippen LogP contribution in [0.15, 0.2) is 47.5 Å². The molecule has 1 aromatic rings. The molecule has 1 saturated heterocycles. The average molecular weight is 835 g/mol. The molecule has 3 N–H and O–H groups in total. The molecule has 0 aromatic heterocycles. The van der Waals surface area contributed by atoms with Gasteiger partial charge in [0, 0.05) is 68.9 Å². The van der Waals surface area contributed by atoms with Gasteiger partial charge in [-0.2, -0.15) is 0 Å². The number of hydrogen-bond acceptors (Lipinski definition) is 14. The Morgan fingerprint density at radius 3 is 2.17 bits per heavy atom. The van der Waals surface area contributed by atoms with Gasteiger partial charge in [0.05, 0.1) is 47.2 Å². The van der Waals surface area contributed by atoms with E-state index in [9.17, 15) is 39.0 Å². The summed E-state index contributed by atoms with van der Waals surface area (Å²) in [4.78, 5) is 85.5. The lowest BCUT2D eigenvalue weighted by atomic mass is 9.78. The Kier molecular flexibility index (Phi) is 14.0. The molecule has 60 heavy (non-hydrogen) atoms. The molecule has 5 aliphatic rings. The van der Waals surface area contributed by atoms with Crippen LogP contribution < -0.4 is 14.8 Å². The SMILES string of the molecule is CO[C@H]1/C=C\O[C@@]2(C)Oc3c(C)c(OC(=O)C(C)C)c4c(c3C2=O)C(=O)C(N2CCCC2)=C(NC(=O)/C(C)=C\C=C/[C@H](C)[C@H](O)[C@@H](C)[C@H](O)[C@H](C)[C@H](OC(C)=O)[C@@H]1C)C4=O. The number of methoxy groups -OCH3 is 1. The fourth-order valence-electron chi connectivity index (χ4n) is 8.25. The van der Waals surface area contributed by atoms with Crippen LogP contribution in [-0.2, 0) is 28.6 Å². The Morgan fingerprint density at radius 2 is 1.57 bits per heavy atom. The van der Waals surface area contributed by atoms with Crippen molar-refractivity contribution in [2.24, 2.45) is 29.6 Å². The standard InChI is InChI=1S/C45H58N2O13/c1-21(2)44(55)59-40-27(8)41-32-30-31(40)37(51)33(34(38(30)52)47-18-12-13-19-47)46-43(54)23(4)16-14-15-22(3)35(49)25(6)36(50)26(7)39(58-28(9)48)24(5)29(56-11)17-20-57-45(10,60-41)42(32)53/h14-17,20-22,24-26,29,35-36,39,49-50H,12-13,18-19H2,1-11H3,(H,46,54)/b15-14-,20-17-,23-16-/t22-,24+,25+,26-,29-,35-,36-,39+,45-/m0/s1.